The number of aromatic nitrogens is 3. The Balaban J connectivity index is 1.65. The van der Waals surface area contributed by atoms with Gasteiger partial charge in [0.25, 0.3) is 5.56 Å². The summed E-state index contributed by atoms with van der Waals surface area (Å²) >= 11 is 6.12. The van der Waals surface area contributed by atoms with E-state index in [0.717, 1.165) is 36.1 Å². The molecule has 3 aromatic rings. The third-order valence-electron chi connectivity index (χ3n) is 4.82. The number of halogens is 1. The van der Waals surface area contributed by atoms with Gasteiger partial charge in [-0.2, -0.15) is 4.98 Å². The highest BCUT2D eigenvalue weighted by Gasteiger charge is 2.21. The fraction of sp³-hybridized carbons (Fsp3) is 0.316. The molecule has 0 bridgehead atoms. The van der Waals surface area contributed by atoms with Crippen molar-refractivity contribution in [3.8, 4) is 17.1 Å². The van der Waals surface area contributed by atoms with Crippen molar-refractivity contribution >= 4 is 11.6 Å². The summed E-state index contributed by atoms with van der Waals surface area (Å²) in [5.74, 6) is 1.09. The molecule has 0 aliphatic heterocycles. The second-order valence-electron chi connectivity index (χ2n) is 6.71. The van der Waals surface area contributed by atoms with Crippen molar-refractivity contribution in [2.24, 2.45) is 0 Å². The second-order valence-corrected chi connectivity index (χ2v) is 7.12. The molecule has 1 unspecified atom stereocenters. The number of hydrogen-bond donors (Lipinski definition) is 2. The lowest BCUT2D eigenvalue weighted by molar-refractivity contribution is 0.385. The zero-order chi connectivity index (χ0) is 18.3. The van der Waals surface area contributed by atoms with Gasteiger partial charge in [-0.3, -0.25) is 4.79 Å². The number of aromatic hydroxyl groups is 1. The van der Waals surface area contributed by atoms with Crippen molar-refractivity contribution in [2.75, 3.05) is 0 Å². The SMILES string of the molecule is CC1CCCc2cc(-c3noc(Cc4ccc(O)cc4Cl)n3)c(=O)[nH]c21. The Kier molecular flexibility index (Phi) is 4.28. The lowest BCUT2D eigenvalue weighted by atomic mass is 9.87. The molecule has 0 saturated heterocycles. The molecule has 0 amide bonds. The summed E-state index contributed by atoms with van der Waals surface area (Å²) in [6.45, 7) is 2.13. The highest BCUT2D eigenvalue weighted by molar-refractivity contribution is 6.31. The van der Waals surface area contributed by atoms with E-state index in [9.17, 15) is 9.90 Å². The van der Waals surface area contributed by atoms with E-state index in [0.29, 0.717) is 28.8 Å². The molecule has 4 rings (SSSR count). The van der Waals surface area contributed by atoms with Gasteiger partial charge < -0.3 is 14.6 Å². The molecule has 1 aliphatic carbocycles. The summed E-state index contributed by atoms with van der Waals surface area (Å²) in [7, 11) is 0. The molecule has 6 nitrogen and oxygen atoms in total. The number of hydrogen-bond acceptors (Lipinski definition) is 5. The number of fused-ring (bicyclic) bond motifs is 1. The van der Waals surface area contributed by atoms with Gasteiger partial charge in [0.15, 0.2) is 0 Å². The first-order chi connectivity index (χ1) is 12.5. The van der Waals surface area contributed by atoms with E-state index >= 15 is 0 Å². The Bertz CT molecular complexity index is 1030. The number of benzene rings is 1. The topological polar surface area (TPSA) is 92.0 Å². The molecule has 2 aromatic heterocycles. The third-order valence-corrected chi connectivity index (χ3v) is 5.17. The first-order valence-corrected chi connectivity index (χ1v) is 8.95. The fourth-order valence-corrected chi connectivity index (χ4v) is 3.66. The zero-order valence-corrected chi connectivity index (χ0v) is 15.0. The summed E-state index contributed by atoms with van der Waals surface area (Å²) in [5, 5.41) is 13.8. The van der Waals surface area contributed by atoms with Crippen molar-refractivity contribution < 1.29 is 9.63 Å². The van der Waals surface area contributed by atoms with Crippen LogP contribution in [0.15, 0.2) is 33.6 Å². The Morgan fingerprint density at radius 3 is 3.04 bits per heavy atom. The zero-order valence-electron chi connectivity index (χ0n) is 14.3. The van der Waals surface area contributed by atoms with Gasteiger partial charge in [0.2, 0.25) is 11.7 Å². The van der Waals surface area contributed by atoms with Gasteiger partial charge in [0, 0.05) is 10.7 Å². The maximum atomic E-state index is 12.5. The quantitative estimate of drug-likeness (QED) is 0.730. The number of nitrogens with zero attached hydrogens (tertiary/aromatic N) is 2. The number of phenolic OH excluding ortho intramolecular Hbond substituents is 1. The van der Waals surface area contributed by atoms with Crippen LogP contribution in [0.1, 0.15) is 48.4 Å². The largest absolute Gasteiger partial charge is 0.508 e. The van der Waals surface area contributed by atoms with Gasteiger partial charge in [-0.05, 0) is 54.5 Å². The Hall–Kier alpha value is -2.60. The first-order valence-electron chi connectivity index (χ1n) is 8.57. The molecule has 0 fully saturated rings. The summed E-state index contributed by atoms with van der Waals surface area (Å²) in [4.78, 5) is 19.8. The second kappa shape index (κ2) is 6.61. The van der Waals surface area contributed by atoms with Crippen LogP contribution < -0.4 is 5.56 Å². The number of nitrogens with one attached hydrogen (secondary N) is 1. The molecule has 1 aromatic carbocycles. The Labute approximate surface area is 154 Å². The number of phenols is 1. The third kappa shape index (κ3) is 3.12. The van der Waals surface area contributed by atoms with Gasteiger partial charge in [-0.25, -0.2) is 0 Å². The molecule has 1 aliphatic rings. The predicted molar refractivity (Wildman–Crippen MR) is 97.6 cm³/mol. The van der Waals surface area contributed by atoms with E-state index in [4.69, 9.17) is 16.1 Å². The Morgan fingerprint density at radius 1 is 1.38 bits per heavy atom. The van der Waals surface area contributed by atoms with Crippen LogP contribution in [0.25, 0.3) is 11.4 Å². The van der Waals surface area contributed by atoms with Crippen LogP contribution in [-0.4, -0.2) is 20.2 Å². The van der Waals surface area contributed by atoms with Gasteiger partial charge in [0.1, 0.15) is 5.75 Å². The van der Waals surface area contributed by atoms with Crippen molar-refractivity contribution in [3.63, 3.8) is 0 Å². The van der Waals surface area contributed by atoms with Gasteiger partial charge in [0.05, 0.1) is 12.0 Å². The summed E-state index contributed by atoms with van der Waals surface area (Å²) in [5.41, 5.74) is 3.14. The first kappa shape index (κ1) is 16.8. The van der Waals surface area contributed by atoms with Crippen LogP contribution in [0.5, 0.6) is 5.75 Å². The minimum atomic E-state index is -0.201. The van der Waals surface area contributed by atoms with Crippen LogP contribution in [0, 0.1) is 0 Å². The van der Waals surface area contributed by atoms with E-state index in [-0.39, 0.29) is 17.1 Å². The average molecular weight is 372 g/mol. The molecule has 0 radical (unpaired) electrons. The fourth-order valence-electron chi connectivity index (χ4n) is 3.42. The Morgan fingerprint density at radius 2 is 2.23 bits per heavy atom. The maximum absolute atomic E-state index is 12.5. The van der Waals surface area contributed by atoms with Gasteiger partial charge in [-0.15, -0.1) is 0 Å². The normalized spacial score (nSPS) is 16.5. The van der Waals surface area contributed by atoms with Crippen LogP contribution >= 0.6 is 11.6 Å². The van der Waals surface area contributed by atoms with Gasteiger partial charge in [-0.1, -0.05) is 29.7 Å². The highest BCUT2D eigenvalue weighted by Crippen LogP contribution is 2.30. The molecule has 0 spiro atoms. The number of H-pyrrole nitrogens is 1. The van der Waals surface area contributed by atoms with Crippen LogP contribution in [0.3, 0.4) is 0 Å². The van der Waals surface area contributed by atoms with Crippen LogP contribution in [-0.2, 0) is 12.8 Å². The highest BCUT2D eigenvalue weighted by atomic mass is 35.5. The van der Waals surface area contributed by atoms with E-state index in [1.165, 1.54) is 6.07 Å². The molecule has 0 saturated carbocycles. The smallest absolute Gasteiger partial charge is 0.259 e. The molecular weight excluding hydrogens is 354 g/mol. The van der Waals surface area contributed by atoms with Crippen LogP contribution in [0.2, 0.25) is 5.02 Å². The van der Waals surface area contributed by atoms with Crippen molar-refractivity contribution in [1.82, 2.24) is 15.1 Å². The summed E-state index contributed by atoms with van der Waals surface area (Å²) in [6.07, 6.45) is 3.46. The molecule has 26 heavy (non-hydrogen) atoms. The average Bonchev–Trinajstić information content (AvgIpc) is 3.06. The lowest BCUT2D eigenvalue weighted by Crippen LogP contribution is -2.19. The summed E-state index contributed by atoms with van der Waals surface area (Å²) in [6, 6.07) is 6.60. The van der Waals surface area contributed by atoms with Crippen molar-refractivity contribution in [3.05, 3.63) is 62.4 Å². The van der Waals surface area contributed by atoms with E-state index in [2.05, 4.69) is 22.0 Å². The number of pyridine rings is 1. The van der Waals surface area contributed by atoms with Gasteiger partial charge >= 0.3 is 0 Å². The maximum Gasteiger partial charge on any atom is 0.259 e. The van der Waals surface area contributed by atoms with E-state index in [1.807, 2.05) is 6.07 Å². The summed E-state index contributed by atoms with van der Waals surface area (Å²) < 4.78 is 5.29. The van der Waals surface area contributed by atoms with E-state index in [1.54, 1.807) is 12.1 Å². The monoisotopic (exact) mass is 371 g/mol. The molecule has 2 N–H and O–H groups in total. The minimum absolute atomic E-state index is 0.0970. The number of aromatic amines is 1. The minimum Gasteiger partial charge on any atom is -0.508 e. The molecule has 7 heteroatoms. The molecular formula is C19H18ClN3O3. The van der Waals surface area contributed by atoms with Crippen LogP contribution in [0.4, 0.5) is 0 Å². The molecule has 134 valence electrons. The predicted octanol–water partition coefficient (Wildman–Crippen LogP) is 3.81. The number of rotatable bonds is 3. The van der Waals surface area contributed by atoms with Crippen molar-refractivity contribution in [2.45, 2.75) is 38.5 Å². The molecule has 2 heterocycles. The number of aryl methyl sites for hydroxylation is 1. The van der Waals surface area contributed by atoms with Crippen molar-refractivity contribution in [1.29, 1.82) is 0 Å². The lowest BCUT2D eigenvalue weighted by Gasteiger charge is -2.21. The standard InChI is InChI=1S/C19H18ClN3O3/c1-10-3-2-4-12-7-14(19(25)22-17(10)12)18-21-16(26-23-18)8-11-5-6-13(24)9-15(11)20/h5-7,9-10,24H,2-4,8H2,1H3,(H,22,25). The van der Waals surface area contributed by atoms with E-state index < -0.39 is 0 Å². The molecule has 1 atom stereocenters.